The first-order valence-corrected chi connectivity index (χ1v) is 11.3. The van der Waals surface area contributed by atoms with Crippen LogP contribution in [0, 0.1) is 5.82 Å². The topological polar surface area (TPSA) is 66.5 Å². The van der Waals surface area contributed by atoms with Crippen LogP contribution in [0.2, 0.25) is 0 Å². The Balaban J connectivity index is 1.87. The molecule has 1 fully saturated rings. The van der Waals surface area contributed by atoms with E-state index in [0.717, 1.165) is 60.0 Å². The molecule has 2 aromatic carbocycles. The lowest BCUT2D eigenvalue weighted by Gasteiger charge is -2.33. The van der Waals surface area contributed by atoms with E-state index in [9.17, 15) is 30.8 Å². The molecular formula is C21H22F4N2O3S. The van der Waals surface area contributed by atoms with Gasteiger partial charge in [-0.3, -0.25) is 4.79 Å². The van der Waals surface area contributed by atoms with E-state index >= 15 is 0 Å². The number of amides is 1. The Bertz CT molecular complexity index is 1020. The van der Waals surface area contributed by atoms with Gasteiger partial charge >= 0.3 is 6.18 Å². The summed E-state index contributed by atoms with van der Waals surface area (Å²) in [5.74, 6) is -1.49. The normalized spacial score (nSPS) is 15.8. The van der Waals surface area contributed by atoms with E-state index in [1.165, 1.54) is 12.1 Å². The molecule has 168 valence electrons. The van der Waals surface area contributed by atoms with Crippen molar-refractivity contribution in [1.29, 1.82) is 0 Å². The van der Waals surface area contributed by atoms with Crippen molar-refractivity contribution in [1.82, 2.24) is 4.31 Å². The number of halogens is 4. The van der Waals surface area contributed by atoms with E-state index < -0.39 is 51.8 Å². The molecule has 0 aliphatic heterocycles. The number of anilines is 1. The molecule has 1 amide bonds. The second kappa shape index (κ2) is 9.35. The number of carbonyl (C=O) groups excluding carboxylic acids is 1. The summed E-state index contributed by atoms with van der Waals surface area (Å²) in [6.07, 6.45) is -1.11. The first-order chi connectivity index (χ1) is 14.6. The van der Waals surface area contributed by atoms with Gasteiger partial charge in [-0.1, -0.05) is 31.4 Å². The van der Waals surface area contributed by atoms with Gasteiger partial charge in [-0.2, -0.15) is 17.5 Å². The predicted octanol–water partition coefficient (Wildman–Crippen LogP) is 4.81. The molecule has 5 nitrogen and oxygen atoms in total. The molecule has 1 aliphatic carbocycles. The van der Waals surface area contributed by atoms with Gasteiger partial charge in [0.05, 0.1) is 22.7 Å². The highest BCUT2D eigenvalue weighted by Gasteiger charge is 2.36. The van der Waals surface area contributed by atoms with Crippen molar-refractivity contribution in [2.45, 2.75) is 49.2 Å². The maximum atomic E-state index is 13.3. The highest BCUT2D eigenvalue weighted by molar-refractivity contribution is 7.89. The summed E-state index contributed by atoms with van der Waals surface area (Å²) in [6, 6.07) is 8.26. The number of hydrogen-bond acceptors (Lipinski definition) is 3. The molecule has 0 radical (unpaired) electrons. The van der Waals surface area contributed by atoms with Crippen LogP contribution in [0.1, 0.15) is 37.7 Å². The summed E-state index contributed by atoms with van der Waals surface area (Å²) in [6.45, 7) is -0.642. The summed E-state index contributed by atoms with van der Waals surface area (Å²) in [4.78, 5) is 12.5. The lowest BCUT2D eigenvalue weighted by molar-refractivity contribution is -0.137. The number of nitrogens with zero attached hydrogens (tertiary/aromatic N) is 1. The zero-order valence-electron chi connectivity index (χ0n) is 16.5. The van der Waals surface area contributed by atoms with Gasteiger partial charge in [0.15, 0.2) is 0 Å². The Hall–Kier alpha value is -2.46. The fraction of sp³-hybridized carbons (Fsp3) is 0.381. The molecule has 1 saturated carbocycles. The molecule has 10 heteroatoms. The number of alkyl halides is 3. The van der Waals surface area contributed by atoms with Gasteiger partial charge in [-0.25, -0.2) is 12.8 Å². The molecule has 0 atom stereocenters. The lowest BCUT2D eigenvalue weighted by Crippen LogP contribution is -2.45. The van der Waals surface area contributed by atoms with Crippen LogP contribution in [-0.4, -0.2) is 31.2 Å². The summed E-state index contributed by atoms with van der Waals surface area (Å²) in [7, 11) is -4.16. The molecule has 31 heavy (non-hydrogen) atoms. The summed E-state index contributed by atoms with van der Waals surface area (Å²) in [5, 5.41) is 2.19. The maximum Gasteiger partial charge on any atom is 0.418 e. The van der Waals surface area contributed by atoms with Gasteiger partial charge in [0.2, 0.25) is 15.9 Å². The van der Waals surface area contributed by atoms with Gasteiger partial charge in [-0.15, -0.1) is 0 Å². The molecule has 2 aromatic rings. The minimum absolute atomic E-state index is 0.178. The second-order valence-electron chi connectivity index (χ2n) is 7.39. The smallest absolute Gasteiger partial charge is 0.324 e. The highest BCUT2D eigenvalue weighted by atomic mass is 32.2. The summed E-state index contributed by atoms with van der Waals surface area (Å²) in [5.41, 5.74) is -1.46. The summed E-state index contributed by atoms with van der Waals surface area (Å²) < 4.78 is 80.3. The number of nitrogens with one attached hydrogen (secondary N) is 1. The third kappa shape index (κ3) is 5.62. The van der Waals surface area contributed by atoms with Crippen molar-refractivity contribution in [2.24, 2.45) is 0 Å². The number of carbonyl (C=O) groups is 1. The van der Waals surface area contributed by atoms with Crippen LogP contribution in [0.4, 0.5) is 23.2 Å². The molecule has 1 aliphatic rings. The van der Waals surface area contributed by atoms with Crippen LogP contribution in [-0.2, 0) is 21.0 Å². The SMILES string of the molecule is O=C(CN(C1CCCCC1)S(=O)(=O)c1ccc(F)cc1)Nc1ccccc1C(F)(F)F. The predicted molar refractivity (Wildman–Crippen MR) is 107 cm³/mol. The number of benzene rings is 2. The van der Waals surface area contributed by atoms with Crippen molar-refractivity contribution in [3.63, 3.8) is 0 Å². The third-order valence-corrected chi connectivity index (χ3v) is 7.12. The van der Waals surface area contributed by atoms with Crippen molar-refractivity contribution in [3.8, 4) is 0 Å². The van der Waals surface area contributed by atoms with E-state index in [2.05, 4.69) is 5.32 Å². The number of rotatable bonds is 6. The van der Waals surface area contributed by atoms with E-state index in [1.807, 2.05) is 0 Å². The van der Waals surface area contributed by atoms with Gasteiger partial charge in [0.1, 0.15) is 5.82 Å². The number of hydrogen-bond donors (Lipinski definition) is 1. The fourth-order valence-electron chi connectivity index (χ4n) is 3.69. The average molecular weight is 458 g/mol. The second-order valence-corrected chi connectivity index (χ2v) is 9.28. The quantitative estimate of drug-likeness (QED) is 0.632. The molecule has 0 unspecified atom stereocenters. The standard InChI is InChI=1S/C21H22F4N2O3S/c22-15-10-12-17(13-11-15)31(29,30)27(16-6-2-1-3-7-16)14-20(28)26-19-9-5-4-8-18(19)21(23,24)25/h4-5,8-13,16H,1-3,6-7,14H2,(H,26,28). The fourth-order valence-corrected chi connectivity index (χ4v) is 5.33. The number of para-hydroxylation sites is 1. The Labute approximate surface area is 178 Å². The maximum absolute atomic E-state index is 13.3. The Morgan fingerprint density at radius 2 is 1.61 bits per heavy atom. The molecule has 0 bridgehead atoms. The monoisotopic (exact) mass is 458 g/mol. The van der Waals surface area contributed by atoms with E-state index in [0.29, 0.717) is 12.8 Å². The minimum Gasteiger partial charge on any atom is -0.324 e. The van der Waals surface area contributed by atoms with Gasteiger partial charge < -0.3 is 5.32 Å². The van der Waals surface area contributed by atoms with Crippen LogP contribution < -0.4 is 5.32 Å². The molecule has 0 heterocycles. The zero-order valence-corrected chi connectivity index (χ0v) is 17.3. The van der Waals surface area contributed by atoms with Crippen LogP contribution in [0.5, 0.6) is 0 Å². The molecular weight excluding hydrogens is 436 g/mol. The van der Waals surface area contributed by atoms with Gasteiger partial charge in [0, 0.05) is 6.04 Å². The highest BCUT2D eigenvalue weighted by Crippen LogP contribution is 2.35. The molecule has 0 spiro atoms. The Kier molecular flexibility index (Phi) is 7.00. The first kappa shape index (κ1) is 23.2. The van der Waals surface area contributed by atoms with Crippen LogP contribution in [0.3, 0.4) is 0 Å². The van der Waals surface area contributed by atoms with Gasteiger partial charge in [-0.05, 0) is 49.2 Å². The van der Waals surface area contributed by atoms with Crippen LogP contribution in [0.25, 0.3) is 0 Å². The zero-order chi connectivity index (χ0) is 22.6. The third-order valence-electron chi connectivity index (χ3n) is 5.21. The molecule has 0 saturated heterocycles. The van der Waals surface area contributed by atoms with Crippen molar-refractivity contribution >= 4 is 21.6 Å². The Morgan fingerprint density at radius 3 is 2.23 bits per heavy atom. The van der Waals surface area contributed by atoms with Crippen molar-refractivity contribution < 1.29 is 30.8 Å². The largest absolute Gasteiger partial charge is 0.418 e. The molecule has 1 N–H and O–H groups in total. The van der Waals surface area contributed by atoms with E-state index in [1.54, 1.807) is 0 Å². The molecule has 3 rings (SSSR count). The minimum atomic E-state index is -4.67. The van der Waals surface area contributed by atoms with Crippen molar-refractivity contribution in [3.05, 3.63) is 59.9 Å². The number of sulfonamides is 1. The Morgan fingerprint density at radius 1 is 1.00 bits per heavy atom. The summed E-state index contributed by atoms with van der Waals surface area (Å²) >= 11 is 0. The van der Waals surface area contributed by atoms with Crippen LogP contribution >= 0.6 is 0 Å². The van der Waals surface area contributed by atoms with Crippen molar-refractivity contribution in [2.75, 3.05) is 11.9 Å². The van der Waals surface area contributed by atoms with E-state index in [-0.39, 0.29) is 4.90 Å². The van der Waals surface area contributed by atoms with Crippen LogP contribution in [0.15, 0.2) is 53.4 Å². The van der Waals surface area contributed by atoms with Gasteiger partial charge in [0.25, 0.3) is 0 Å². The first-order valence-electron chi connectivity index (χ1n) is 9.82. The molecule has 0 aromatic heterocycles. The lowest BCUT2D eigenvalue weighted by atomic mass is 9.95. The average Bonchev–Trinajstić information content (AvgIpc) is 2.72. The van der Waals surface area contributed by atoms with E-state index in [4.69, 9.17) is 0 Å².